The van der Waals surface area contributed by atoms with Crippen LogP contribution in [-0.4, -0.2) is 36.6 Å². The number of aryl methyl sites for hydroxylation is 2. The zero-order chi connectivity index (χ0) is 20.4. The van der Waals surface area contributed by atoms with E-state index in [-0.39, 0.29) is 11.9 Å². The van der Waals surface area contributed by atoms with Gasteiger partial charge in [0.05, 0.1) is 16.9 Å². The van der Waals surface area contributed by atoms with Gasteiger partial charge in [-0.05, 0) is 73.4 Å². The number of ether oxygens (including phenoxy) is 1. The Balaban J connectivity index is 1.99. The van der Waals surface area contributed by atoms with Crippen molar-refractivity contribution >= 4 is 18.9 Å². The van der Waals surface area contributed by atoms with Crippen LogP contribution >= 0.6 is 0 Å². The van der Waals surface area contributed by atoms with Crippen molar-refractivity contribution in [2.75, 3.05) is 11.4 Å². The van der Waals surface area contributed by atoms with E-state index in [0.29, 0.717) is 6.54 Å². The molecule has 0 aromatic heterocycles. The average Bonchev–Trinajstić information content (AvgIpc) is 2.92. The van der Waals surface area contributed by atoms with Crippen molar-refractivity contribution in [2.24, 2.45) is 0 Å². The molecule has 0 radical (unpaired) electrons. The summed E-state index contributed by atoms with van der Waals surface area (Å²) < 4.78 is 18.3. The van der Waals surface area contributed by atoms with Crippen molar-refractivity contribution in [2.45, 2.75) is 84.9 Å². The van der Waals surface area contributed by atoms with Crippen LogP contribution in [0, 0.1) is 13.8 Å². The second-order valence-corrected chi connectivity index (χ2v) is 9.84. The van der Waals surface area contributed by atoms with E-state index in [1.165, 1.54) is 5.56 Å². The Hall–Kier alpha value is -1.53. The van der Waals surface area contributed by atoms with Crippen LogP contribution in [0.5, 0.6) is 0 Å². The highest BCUT2D eigenvalue weighted by Gasteiger charge is 2.56. The first kappa shape index (κ1) is 20.2. The smallest absolute Gasteiger partial charge is 0.443 e. The van der Waals surface area contributed by atoms with Crippen molar-refractivity contribution in [3.05, 3.63) is 28.8 Å². The molecule has 2 aliphatic rings. The first-order valence-electron chi connectivity index (χ1n) is 9.69. The number of rotatable bonds is 1. The Labute approximate surface area is 163 Å². The standard InChI is InChI=1S/C21H32BNO4/c1-13-10-14(2)17-15(11-13)16(12-23(17)18(24)25-19(3,4)5)22-26-20(6,7)21(8,9)27-22/h10-11,16H,12H2,1-9H3. The van der Waals surface area contributed by atoms with Crippen LogP contribution in [-0.2, 0) is 14.0 Å². The van der Waals surface area contributed by atoms with E-state index < -0.39 is 23.9 Å². The normalized spacial score (nSPS) is 23.5. The van der Waals surface area contributed by atoms with E-state index >= 15 is 0 Å². The number of hydrogen-bond donors (Lipinski definition) is 0. The van der Waals surface area contributed by atoms with Gasteiger partial charge in [-0.3, -0.25) is 4.90 Å². The van der Waals surface area contributed by atoms with Crippen molar-refractivity contribution in [3.63, 3.8) is 0 Å². The third-order valence-electron chi connectivity index (χ3n) is 5.74. The summed E-state index contributed by atoms with van der Waals surface area (Å²) in [7, 11) is -0.401. The molecule has 0 bridgehead atoms. The minimum atomic E-state index is -0.543. The molecular weight excluding hydrogens is 341 g/mol. The minimum Gasteiger partial charge on any atom is -0.443 e. The Morgan fingerprint density at radius 2 is 1.70 bits per heavy atom. The highest BCUT2D eigenvalue weighted by atomic mass is 16.7. The van der Waals surface area contributed by atoms with E-state index in [2.05, 4.69) is 46.8 Å². The van der Waals surface area contributed by atoms with Gasteiger partial charge in [-0.25, -0.2) is 4.79 Å². The number of amides is 1. The van der Waals surface area contributed by atoms with Gasteiger partial charge in [0.15, 0.2) is 0 Å². The molecule has 3 rings (SSSR count). The molecule has 6 heteroatoms. The number of benzene rings is 1. The zero-order valence-corrected chi connectivity index (χ0v) is 18.1. The summed E-state index contributed by atoms with van der Waals surface area (Å²) in [5.74, 6) is -0.0489. The van der Waals surface area contributed by atoms with Gasteiger partial charge in [0.25, 0.3) is 0 Å². The van der Waals surface area contributed by atoms with E-state index in [0.717, 1.165) is 16.8 Å². The highest BCUT2D eigenvalue weighted by Crippen LogP contribution is 2.47. The fourth-order valence-electron chi connectivity index (χ4n) is 3.80. The lowest BCUT2D eigenvalue weighted by atomic mass is 9.68. The van der Waals surface area contributed by atoms with Crippen molar-refractivity contribution in [3.8, 4) is 0 Å². The first-order valence-corrected chi connectivity index (χ1v) is 9.69. The molecule has 1 amide bonds. The summed E-state index contributed by atoms with van der Waals surface area (Å²) in [4.78, 5) is 14.6. The predicted molar refractivity (Wildman–Crippen MR) is 108 cm³/mol. The van der Waals surface area contributed by atoms with Crippen LogP contribution in [0.3, 0.4) is 0 Å². The molecule has 2 heterocycles. The fraction of sp³-hybridized carbons (Fsp3) is 0.667. The lowest BCUT2D eigenvalue weighted by molar-refractivity contribution is 0.00578. The van der Waals surface area contributed by atoms with Gasteiger partial charge in [0, 0.05) is 12.4 Å². The second kappa shape index (κ2) is 6.24. The van der Waals surface area contributed by atoms with Crippen molar-refractivity contribution in [1.82, 2.24) is 0 Å². The molecule has 1 saturated heterocycles. The molecule has 27 heavy (non-hydrogen) atoms. The van der Waals surface area contributed by atoms with Crippen LogP contribution in [0.15, 0.2) is 12.1 Å². The quantitative estimate of drug-likeness (QED) is 0.665. The molecular formula is C21H32BNO4. The van der Waals surface area contributed by atoms with Gasteiger partial charge in [-0.15, -0.1) is 0 Å². The van der Waals surface area contributed by atoms with Crippen molar-refractivity contribution in [1.29, 1.82) is 0 Å². The monoisotopic (exact) mass is 373 g/mol. The summed E-state index contributed by atoms with van der Waals surface area (Å²) in [6.07, 6.45) is -0.324. The van der Waals surface area contributed by atoms with Crippen LogP contribution < -0.4 is 4.90 Å². The Morgan fingerprint density at radius 1 is 1.15 bits per heavy atom. The van der Waals surface area contributed by atoms with Gasteiger partial charge in [-0.2, -0.15) is 0 Å². The van der Waals surface area contributed by atoms with Crippen LogP contribution in [0.1, 0.15) is 71.0 Å². The Bertz CT molecular complexity index is 750. The van der Waals surface area contributed by atoms with Gasteiger partial charge in [-0.1, -0.05) is 17.7 Å². The molecule has 2 aliphatic heterocycles. The summed E-state index contributed by atoms with van der Waals surface area (Å²) in [5.41, 5.74) is 2.89. The third kappa shape index (κ3) is 3.62. The fourth-order valence-corrected chi connectivity index (χ4v) is 3.80. The maximum absolute atomic E-state index is 12.9. The van der Waals surface area contributed by atoms with E-state index in [4.69, 9.17) is 14.0 Å². The molecule has 0 N–H and O–H groups in total. The number of fused-ring (bicyclic) bond motifs is 1. The Morgan fingerprint density at radius 3 is 2.22 bits per heavy atom. The van der Waals surface area contributed by atoms with Gasteiger partial charge in [0.1, 0.15) is 5.60 Å². The van der Waals surface area contributed by atoms with Crippen molar-refractivity contribution < 1.29 is 18.8 Å². The van der Waals surface area contributed by atoms with E-state index in [1.807, 2.05) is 27.7 Å². The Kier molecular flexibility index (Phi) is 4.68. The molecule has 1 aromatic carbocycles. The number of hydrogen-bond acceptors (Lipinski definition) is 4. The maximum atomic E-state index is 12.9. The average molecular weight is 373 g/mol. The van der Waals surface area contributed by atoms with Crippen LogP contribution in [0.4, 0.5) is 10.5 Å². The predicted octanol–water partition coefficient (Wildman–Crippen LogP) is 4.77. The summed E-state index contributed by atoms with van der Waals surface area (Å²) in [6.45, 7) is 18.5. The molecule has 5 nitrogen and oxygen atoms in total. The first-order chi connectivity index (χ1) is 12.2. The van der Waals surface area contributed by atoms with Gasteiger partial charge < -0.3 is 14.0 Å². The highest BCUT2D eigenvalue weighted by molar-refractivity contribution is 6.48. The maximum Gasteiger partial charge on any atom is 0.467 e. The topological polar surface area (TPSA) is 48.0 Å². The number of anilines is 1. The molecule has 148 valence electrons. The molecule has 0 saturated carbocycles. The summed E-state index contributed by atoms with van der Waals surface area (Å²) in [5, 5.41) is 0. The number of carbonyl (C=O) groups excluding carboxylic acids is 1. The molecule has 1 fully saturated rings. The van der Waals surface area contributed by atoms with Gasteiger partial charge in [0.2, 0.25) is 0 Å². The molecule has 0 aliphatic carbocycles. The summed E-state index contributed by atoms with van der Waals surface area (Å²) in [6, 6.07) is 4.24. The second-order valence-electron chi connectivity index (χ2n) is 9.84. The van der Waals surface area contributed by atoms with Crippen LogP contribution in [0.2, 0.25) is 0 Å². The zero-order valence-electron chi connectivity index (χ0n) is 18.1. The minimum absolute atomic E-state index is 0.0489. The number of nitrogens with zero attached hydrogens (tertiary/aromatic N) is 1. The molecule has 0 spiro atoms. The molecule has 1 unspecified atom stereocenters. The van der Waals surface area contributed by atoms with Crippen LogP contribution in [0.25, 0.3) is 0 Å². The summed E-state index contributed by atoms with van der Waals surface area (Å²) >= 11 is 0. The van der Waals surface area contributed by atoms with E-state index in [1.54, 1.807) is 4.90 Å². The molecule has 1 atom stereocenters. The third-order valence-corrected chi connectivity index (χ3v) is 5.74. The largest absolute Gasteiger partial charge is 0.467 e. The lowest BCUT2D eigenvalue weighted by Gasteiger charge is -2.32. The SMILES string of the molecule is Cc1cc(C)c2c(c1)C(B1OC(C)(C)C(C)(C)O1)CN2C(=O)OC(C)(C)C. The number of carbonyl (C=O) groups is 1. The molecule has 1 aromatic rings. The lowest BCUT2D eigenvalue weighted by Crippen LogP contribution is -2.41. The van der Waals surface area contributed by atoms with Gasteiger partial charge >= 0.3 is 13.2 Å². The van der Waals surface area contributed by atoms with E-state index in [9.17, 15) is 4.79 Å².